The summed E-state index contributed by atoms with van der Waals surface area (Å²) in [4.78, 5) is 11.5. The van der Waals surface area contributed by atoms with E-state index in [0.717, 1.165) is 19.3 Å². The van der Waals surface area contributed by atoms with Crippen LogP contribution in [0.2, 0.25) is 0 Å². The Morgan fingerprint density at radius 2 is 1.29 bits per heavy atom. The van der Waals surface area contributed by atoms with Gasteiger partial charge in [-0.2, -0.15) is 0 Å². The van der Waals surface area contributed by atoms with Gasteiger partial charge >= 0.3 is 5.97 Å². The number of carbonyl (C=O) groups is 1. The van der Waals surface area contributed by atoms with Crippen molar-refractivity contribution in [1.29, 1.82) is 0 Å². The SMILES string of the molecule is CCCCCCCC/C=C/CCCCCCCC(=O)OC(C)CC. The second-order valence-corrected chi connectivity index (χ2v) is 7.04. The van der Waals surface area contributed by atoms with E-state index in [0.29, 0.717) is 6.42 Å². The van der Waals surface area contributed by atoms with Crippen LogP contribution in [0, 0.1) is 0 Å². The fourth-order valence-corrected chi connectivity index (χ4v) is 2.71. The predicted molar refractivity (Wildman–Crippen MR) is 105 cm³/mol. The topological polar surface area (TPSA) is 26.3 Å². The van der Waals surface area contributed by atoms with E-state index in [1.807, 2.05) is 13.8 Å². The highest BCUT2D eigenvalue weighted by molar-refractivity contribution is 5.69. The van der Waals surface area contributed by atoms with Crippen LogP contribution in [-0.2, 0) is 9.53 Å². The number of hydrogen-bond acceptors (Lipinski definition) is 2. The van der Waals surface area contributed by atoms with Crippen molar-refractivity contribution >= 4 is 5.97 Å². The molecule has 0 aliphatic carbocycles. The Kier molecular flexibility index (Phi) is 17.9. The Hall–Kier alpha value is -0.790. The number of unbranched alkanes of at least 4 members (excludes halogenated alkanes) is 11. The van der Waals surface area contributed by atoms with Crippen molar-refractivity contribution in [3.8, 4) is 0 Å². The average Bonchev–Trinajstić information content (AvgIpc) is 2.58. The lowest BCUT2D eigenvalue weighted by atomic mass is 10.1. The van der Waals surface area contributed by atoms with Crippen LogP contribution in [0.25, 0.3) is 0 Å². The standard InChI is InChI=1S/C22H42O2/c1-4-6-7-8-9-10-11-12-13-14-15-16-17-18-19-20-22(23)24-21(3)5-2/h12-13,21H,4-11,14-20H2,1-3H3/b13-12+. The number of allylic oxidation sites excluding steroid dienone is 2. The van der Waals surface area contributed by atoms with E-state index < -0.39 is 0 Å². The Morgan fingerprint density at radius 3 is 1.83 bits per heavy atom. The van der Waals surface area contributed by atoms with Gasteiger partial charge in [-0.3, -0.25) is 4.79 Å². The maximum atomic E-state index is 11.5. The van der Waals surface area contributed by atoms with Gasteiger partial charge in [-0.05, 0) is 45.4 Å². The van der Waals surface area contributed by atoms with Crippen LogP contribution in [0.5, 0.6) is 0 Å². The van der Waals surface area contributed by atoms with E-state index in [1.165, 1.54) is 70.6 Å². The second kappa shape index (κ2) is 18.5. The number of rotatable bonds is 17. The van der Waals surface area contributed by atoms with Gasteiger partial charge in [0.25, 0.3) is 0 Å². The summed E-state index contributed by atoms with van der Waals surface area (Å²) >= 11 is 0. The third-order valence-corrected chi connectivity index (χ3v) is 4.55. The van der Waals surface area contributed by atoms with Gasteiger partial charge in [0.1, 0.15) is 0 Å². The molecule has 0 heterocycles. The molecule has 2 nitrogen and oxygen atoms in total. The lowest BCUT2D eigenvalue weighted by molar-refractivity contribution is -0.148. The van der Waals surface area contributed by atoms with Crippen molar-refractivity contribution in [3.63, 3.8) is 0 Å². The van der Waals surface area contributed by atoms with E-state index in [9.17, 15) is 4.79 Å². The third-order valence-electron chi connectivity index (χ3n) is 4.55. The molecule has 0 amide bonds. The molecule has 0 saturated heterocycles. The molecule has 0 aromatic heterocycles. The first-order valence-corrected chi connectivity index (χ1v) is 10.5. The smallest absolute Gasteiger partial charge is 0.306 e. The maximum Gasteiger partial charge on any atom is 0.306 e. The average molecular weight is 339 g/mol. The Balaban J connectivity index is 3.22. The van der Waals surface area contributed by atoms with Crippen molar-refractivity contribution in [2.75, 3.05) is 0 Å². The van der Waals surface area contributed by atoms with Gasteiger partial charge < -0.3 is 4.74 Å². The van der Waals surface area contributed by atoms with Crippen molar-refractivity contribution < 1.29 is 9.53 Å². The molecule has 142 valence electrons. The highest BCUT2D eigenvalue weighted by Crippen LogP contribution is 2.10. The summed E-state index contributed by atoms with van der Waals surface area (Å²) in [6.45, 7) is 6.27. The first-order chi connectivity index (χ1) is 11.7. The molecule has 24 heavy (non-hydrogen) atoms. The summed E-state index contributed by atoms with van der Waals surface area (Å²) in [5, 5.41) is 0. The van der Waals surface area contributed by atoms with Crippen LogP contribution in [0.15, 0.2) is 12.2 Å². The fourth-order valence-electron chi connectivity index (χ4n) is 2.71. The van der Waals surface area contributed by atoms with Crippen LogP contribution in [0.1, 0.15) is 117 Å². The number of ether oxygens (including phenoxy) is 1. The quantitative estimate of drug-likeness (QED) is 0.157. The molecule has 0 aromatic rings. The minimum Gasteiger partial charge on any atom is -0.463 e. The zero-order valence-electron chi connectivity index (χ0n) is 16.7. The van der Waals surface area contributed by atoms with E-state index in [2.05, 4.69) is 19.1 Å². The first kappa shape index (κ1) is 23.2. The number of carbonyl (C=O) groups excluding carboxylic acids is 1. The fraction of sp³-hybridized carbons (Fsp3) is 0.864. The van der Waals surface area contributed by atoms with Crippen molar-refractivity contribution in [3.05, 3.63) is 12.2 Å². The maximum absolute atomic E-state index is 11.5. The molecule has 0 aliphatic rings. The van der Waals surface area contributed by atoms with Crippen LogP contribution >= 0.6 is 0 Å². The monoisotopic (exact) mass is 338 g/mol. The molecule has 0 rings (SSSR count). The van der Waals surface area contributed by atoms with Gasteiger partial charge in [-0.25, -0.2) is 0 Å². The zero-order chi connectivity index (χ0) is 17.9. The molecule has 0 aliphatic heterocycles. The minimum atomic E-state index is -0.0259. The normalized spacial score (nSPS) is 12.6. The molecule has 1 unspecified atom stereocenters. The minimum absolute atomic E-state index is 0.0259. The summed E-state index contributed by atoms with van der Waals surface area (Å²) in [6, 6.07) is 0. The predicted octanol–water partition coefficient (Wildman–Crippen LogP) is 7.37. The Labute approximate surface area is 151 Å². The van der Waals surface area contributed by atoms with Crippen LogP contribution < -0.4 is 0 Å². The molecular weight excluding hydrogens is 296 g/mol. The van der Waals surface area contributed by atoms with Gasteiger partial charge in [-0.15, -0.1) is 0 Å². The molecule has 1 atom stereocenters. The van der Waals surface area contributed by atoms with Crippen molar-refractivity contribution in [2.45, 2.75) is 123 Å². The molecule has 0 aromatic carbocycles. The van der Waals surface area contributed by atoms with Gasteiger partial charge in [-0.1, -0.05) is 77.4 Å². The molecule has 0 N–H and O–H groups in total. The third kappa shape index (κ3) is 17.6. The Bertz CT molecular complexity index is 296. The number of esters is 1. The van der Waals surface area contributed by atoms with Gasteiger partial charge in [0.15, 0.2) is 0 Å². The molecule has 0 saturated carbocycles. The van der Waals surface area contributed by atoms with Crippen LogP contribution in [-0.4, -0.2) is 12.1 Å². The van der Waals surface area contributed by atoms with Gasteiger partial charge in [0, 0.05) is 6.42 Å². The molecule has 0 spiro atoms. The summed E-state index contributed by atoms with van der Waals surface area (Å²) in [5.41, 5.74) is 0. The summed E-state index contributed by atoms with van der Waals surface area (Å²) < 4.78 is 5.27. The molecular formula is C22H42O2. The molecule has 0 bridgehead atoms. The van der Waals surface area contributed by atoms with Gasteiger partial charge in [0.05, 0.1) is 6.10 Å². The molecule has 0 radical (unpaired) electrons. The lowest BCUT2D eigenvalue weighted by Gasteiger charge is -2.10. The van der Waals surface area contributed by atoms with E-state index >= 15 is 0 Å². The zero-order valence-corrected chi connectivity index (χ0v) is 16.7. The number of hydrogen-bond donors (Lipinski definition) is 0. The summed E-state index contributed by atoms with van der Waals surface area (Å²) in [7, 11) is 0. The highest BCUT2D eigenvalue weighted by Gasteiger charge is 2.06. The largest absolute Gasteiger partial charge is 0.463 e. The summed E-state index contributed by atoms with van der Waals surface area (Å²) in [5.74, 6) is -0.0259. The van der Waals surface area contributed by atoms with Crippen molar-refractivity contribution in [1.82, 2.24) is 0 Å². The van der Waals surface area contributed by atoms with Crippen LogP contribution in [0.4, 0.5) is 0 Å². The van der Waals surface area contributed by atoms with E-state index in [4.69, 9.17) is 4.74 Å². The molecule has 2 heteroatoms. The van der Waals surface area contributed by atoms with Gasteiger partial charge in [0.2, 0.25) is 0 Å². The lowest BCUT2D eigenvalue weighted by Crippen LogP contribution is -2.13. The highest BCUT2D eigenvalue weighted by atomic mass is 16.5. The first-order valence-electron chi connectivity index (χ1n) is 10.5. The van der Waals surface area contributed by atoms with Crippen molar-refractivity contribution in [2.24, 2.45) is 0 Å². The Morgan fingerprint density at radius 1 is 0.792 bits per heavy atom. The summed E-state index contributed by atoms with van der Waals surface area (Å²) in [6.07, 6.45) is 23.0. The van der Waals surface area contributed by atoms with E-state index in [-0.39, 0.29) is 12.1 Å². The van der Waals surface area contributed by atoms with Crippen LogP contribution in [0.3, 0.4) is 0 Å². The molecule has 0 fully saturated rings. The van der Waals surface area contributed by atoms with E-state index in [1.54, 1.807) is 0 Å². The second-order valence-electron chi connectivity index (χ2n) is 7.04.